The lowest BCUT2D eigenvalue weighted by molar-refractivity contribution is -0.142. The van der Waals surface area contributed by atoms with Gasteiger partial charge in [-0.1, -0.05) is 13.3 Å². The summed E-state index contributed by atoms with van der Waals surface area (Å²) in [6.45, 7) is 1.88. The largest absolute Gasteiger partial charge is 0.450 e. The number of nitrogens with zero attached hydrogens (tertiary/aromatic N) is 1. The molecule has 3 heteroatoms. The maximum Gasteiger partial charge on any atom is 0.306 e. The number of ether oxygens (including phenoxy) is 1. The van der Waals surface area contributed by atoms with E-state index < -0.39 is 0 Å². The molecule has 0 heterocycles. The molecule has 0 N–H and O–H groups in total. The molecular formula is C7H11NO2. The van der Waals surface area contributed by atoms with Crippen molar-refractivity contribution in [1.29, 1.82) is 5.26 Å². The highest BCUT2D eigenvalue weighted by molar-refractivity contribution is 5.69. The van der Waals surface area contributed by atoms with E-state index in [1.54, 1.807) is 6.07 Å². The molecule has 0 atom stereocenters. The van der Waals surface area contributed by atoms with Crippen LogP contribution >= 0.6 is 0 Å². The van der Waals surface area contributed by atoms with E-state index in [0.29, 0.717) is 6.42 Å². The van der Waals surface area contributed by atoms with Gasteiger partial charge in [0.15, 0.2) is 6.61 Å². The lowest BCUT2D eigenvalue weighted by atomic mass is 10.2. The molecule has 0 spiro atoms. The summed E-state index contributed by atoms with van der Waals surface area (Å²) in [7, 11) is 0. The molecule has 0 aromatic heterocycles. The van der Waals surface area contributed by atoms with Gasteiger partial charge in [-0.3, -0.25) is 4.79 Å². The molecule has 0 radical (unpaired) electrons. The zero-order valence-electron chi connectivity index (χ0n) is 6.09. The lowest BCUT2D eigenvalue weighted by Gasteiger charge is -1.96. The van der Waals surface area contributed by atoms with E-state index in [2.05, 4.69) is 4.74 Å². The smallest absolute Gasteiger partial charge is 0.306 e. The van der Waals surface area contributed by atoms with Gasteiger partial charge in [0.25, 0.3) is 0 Å². The molecule has 0 saturated carbocycles. The third-order valence-electron chi connectivity index (χ3n) is 1.03. The standard InChI is InChI=1S/C7H11NO2/c1-2-3-4-7(9)10-6-5-8/h2-4,6H2,1H3. The molecular weight excluding hydrogens is 130 g/mol. The first-order valence-corrected chi connectivity index (χ1v) is 3.33. The first-order chi connectivity index (χ1) is 4.81. The van der Waals surface area contributed by atoms with Crippen LogP contribution in [0.1, 0.15) is 26.2 Å². The molecule has 10 heavy (non-hydrogen) atoms. The van der Waals surface area contributed by atoms with Crippen molar-refractivity contribution in [2.24, 2.45) is 0 Å². The van der Waals surface area contributed by atoms with Crippen molar-refractivity contribution < 1.29 is 9.53 Å². The van der Waals surface area contributed by atoms with Crippen LogP contribution in [-0.4, -0.2) is 12.6 Å². The summed E-state index contributed by atoms with van der Waals surface area (Å²) >= 11 is 0. The molecule has 0 saturated heterocycles. The summed E-state index contributed by atoms with van der Waals surface area (Å²) in [6, 6.07) is 1.73. The van der Waals surface area contributed by atoms with Crippen molar-refractivity contribution >= 4 is 5.97 Å². The van der Waals surface area contributed by atoms with Crippen molar-refractivity contribution in [3.63, 3.8) is 0 Å². The van der Waals surface area contributed by atoms with E-state index in [-0.39, 0.29) is 12.6 Å². The minimum Gasteiger partial charge on any atom is -0.450 e. The fraction of sp³-hybridized carbons (Fsp3) is 0.714. The summed E-state index contributed by atoms with van der Waals surface area (Å²) in [5.74, 6) is -0.275. The van der Waals surface area contributed by atoms with E-state index in [4.69, 9.17) is 5.26 Å². The molecule has 56 valence electrons. The molecule has 0 aromatic rings. The lowest BCUT2D eigenvalue weighted by Crippen LogP contribution is -2.03. The summed E-state index contributed by atoms with van der Waals surface area (Å²) in [4.78, 5) is 10.6. The minimum absolute atomic E-state index is 0.122. The Labute approximate surface area is 60.6 Å². The molecule has 0 unspecified atom stereocenters. The molecule has 0 aliphatic rings. The molecule has 0 aliphatic carbocycles. The van der Waals surface area contributed by atoms with Gasteiger partial charge >= 0.3 is 5.97 Å². The fourth-order valence-corrected chi connectivity index (χ4v) is 0.506. The quantitative estimate of drug-likeness (QED) is 0.553. The van der Waals surface area contributed by atoms with Crippen LogP contribution in [0.25, 0.3) is 0 Å². The van der Waals surface area contributed by atoms with Crippen LogP contribution in [0.5, 0.6) is 0 Å². The van der Waals surface area contributed by atoms with Crippen molar-refractivity contribution in [1.82, 2.24) is 0 Å². The summed E-state index contributed by atoms with van der Waals surface area (Å²) in [6.07, 6.45) is 2.24. The Morgan fingerprint density at radius 1 is 1.70 bits per heavy atom. The molecule has 0 amide bonds. The van der Waals surface area contributed by atoms with Gasteiger partial charge in [-0.05, 0) is 6.42 Å². The second-order valence-corrected chi connectivity index (χ2v) is 1.92. The maximum atomic E-state index is 10.6. The zero-order chi connectivity index (χ0) is 7.82. The van der Waals surface area contributed by atoms with Crippen LogP contribution in [0.4, 0.5) is 0 Å². The summed E-state index contributed by atoms with van der Waals surface area (Å²) in [5, 5.41) is 8.01. The van der Waals surface area contributed by atoms with E-state index >= 15 is 0 Å². The van der Waals surface area contributed by atoms with E-state index in [1.165, 1.54) is 0 Å². The molecule has 0 fully saturated rings. The average molecular weight is 141 g/mol. The second-order valence-electron chi connectivity index (χ2n) is 1.92. The third kappa shape index (κ3) is 5.10. The molecule has 0 aromatic carbocycles. The molecule has 3 nitrogen and oxygen atoms in total. The predicted molar refractivity (Wildman–Crippen MR) is 36.1 cm³/mol. The highest BCUT2D eigenvalue weighted by atomic mass is 16.5. The van der Waals surface area contributed by atoms with Gasteiger partial charge in [0, 0.05) is 6.42 Å². The Hall–Kier alpha value is -1.04. The van der Waals surface area contributed by atoms with Crippen LogP contribution in [-0.2, 0) is 9.53 Å². The van der Waals surface area contributed by atoms with Gasteiger partial charge in [0.2, 0.25) is 0 Å². The molecule has 0 bridgehead atoms. The van der Waals surface area contributed by atoms with Crippen molar-refractivity contribution in [3.8, 4) is 6.07 Å². The van der Waals surface area contributed by atoms with Gasteiger partial charge in [-0.2, -0.15) is 5.26 Å². The van der Waals surface area contributed by atoms with Crippen LogP contribution in [0.3, 0.4) is 0 Å². The monoisotopic (exact) mass is 141 g/mol. The summed E-state index contributed by atoms with van der Waals surface area (Å²) < 4.78 is 4.49. The van der Waals surface area contributed by atoms with Crippen LogP contribution in [0, 0.1) is 11.3 Å². The Morgan fingerprint density at radius 3 is 2.90 bits per heavy atom. The van der Waals surface area contributed by atoms with E-state index in [0.717, 1.165) is 12.8 Å². The Kier molecular flexibility index (Phi) is 5.45. The second kappa shape index (κ2) is 6.09. The fourth-order valence-electron chi connectivity index (χ4n) is 0.506. The number of carbonyl (C=O) groups excluding carboxylic acids is 1. The number of carbonyl (C=O) groups is 1. The minimum atomic E-state index is -0.275. The number of unbranched alkanes of at least 4 members (excludes halogenated alkanes) is 1. The van der Waals surface area contributed by atoms with Crippen molar-refractivity contribution in [2.75, 3.05) is 6.61 Å². The average Bonchev–Trinajstić information content (AvgIpc) is 1.97. The highest BCUT2D eigenvalue weighted by Gasteiger charge is 1.98. The highest BCUT2D eigenvalue weighted by Crippen LogP contribution is 1.95. The van der Waals surface area contributed by atoms with Crippen LogP contribution in [0.15, 0.2) is 0 Å². The Morgan fingerprint density at radius 2 is 2.40 bits per heavy atom. The van der Waals surface area contributed by atoms with Gasteiger partial charge < -0.3 is 4.74 Å². The Balaban J connectivity index is 3.19. The first kappa shape index (κ1) is 8.96. The molecule has 0 aliphatic heterocycles. The van der Waals surface area contributed by atoms with Crippen molar-refractivity contribution in [3.05, 3.63) is 0 Å². The van der Waals surface area contributed by atoms with Gasteiger partial charge in [0.05, 0.1) is 0 Å². The summed E-state index contributed by atoms with van der Waals surface area (Å²) in [5.41, 5.74) is 0. The van der Waals surface area contributed by atoms with Crippen LogP contribution in [0.2, 0.25) is 0 Å². The normalized spacial score (nSPS) is 8.40. The topological polar surface area (TPSA) is 50.1 Å². The Bertz CT molecular complexity index is 137. The number of hydrogen-bond donors (Lipinski definition) is 0. The van der Waals surface area contributed by atoms with Gasteiger partial charge in [0.1, 0.15) is 6.07 Å². The van der Waals surface area contributed by atoms with Gasteiger partial charge in [-0.25, -0.2) is 0 Å². The maximum absolute atomic E-state index is 10.6. The molecule has 0 rings (SSSR count). The number of rotatable bonds is 4. The predicted octanol–water partition coefficient (Wildman–Crippen LogP) is 1.24. The number of esters is 1. The van der Waals surface area contributed by atoms with Gasteiger partial charge in [-0.15, -0.1) is 0 Å². The number of nitriles is 1. The van der Waals surface area contributed by atoms with Crippen LogP contribution < -0.4 is 0 Å². The third-order valence-corrected chi connectivity index (χ3v) is 1.03. The SMILES string of the molecule is CCCCC(=O)OCC#N. The number of hydrogen-bond acceptors (Lipinski definition) is 3. The first-order valence-electron chi connectivity index (χ1n) is 3.33. The van der Waals surface area contributed by atoms with Crippen molar-refractivity contribution in [2.45, 2.75) is 26.2 Å². The van der Waals surface area contributed by atoms with E-state index in [9.17, 15) is 4.79 Å². The van der Waals surface area contributed by atoms with E-state index in [1.807, 2.05) is 6.92 Å². The zero-order valence-corrected chi connectivity index (χ0v) is 6.09.